The lowest BCUT2D eigenvalue weighted by atomic mass is 10.0. The smallest absolute Gasteiger partial charge is 0.151 e. The molecule has 5 nitrogen and oxygen atoms in total. The number of likely N-dealkylation sites (N-methyl/N-ethyl adjacent to an activating group) is 1. The number of allylic oxidation sites excluding steroid dienone is 7. The highest BCUT2D eigenvalue weighted by Gasteiger charge is 2.10. The van der Waals surface area contributed by atoms with Gasteiger partial charge in [0.15, 0.2) is 6.29 Å². The summed E-state index contributed by atoms with van der Waals surface area (Å²) < 4.78 is 5.60. The Morgan fingerprint density at radius 3 is 2.68 bits per heavy atom. The van der Waals surface area contributed by atoms with Crippen molar-refractivity contribution in [1.29, 1.82) is 0 Å². The average Bonchev–Trinajstić information content (AvgIpc) is 3.27. The van der Waals surface area contributed by atoms with Gasteiger partial charge in [0, 0.05) is 48.2 Å². The molecule has 34 heavy (non-hydrogen) atoms. The molecule has 2 heterocycles. The number of pyridine rings is 1. The summed E-state index contributed by atoms with van der Waals surface area (Å²) in [6.07, 6.45) is 15.7. The second-order valence-corrected chi connectivity index (χ2v) is 8.15. The lowest BCUT2D eigenvalue weighted by Gasteiger charge is -2.08. The van der Waals surface area contributed by atoms with Crippen LogP contribution in [0.2, 0.25) is 0 Å². The van der Waals surface area contributed by atoms with E-state index in [1.54, 1.807) is 0 Å². The second-order valence-electron chi connectivity index (χ2n) is 8.15. The maximum atomic E-state index is 11.5. The first-order valence-electron chi connectivity index (χ1n) is 12.1. The van der Waals surface area contributed by atoms with Gasteiger partial charge in [-0.3, -0.25) is 9.78 Å². The summed E-state index contributed by atoms with van der Waals surface area (Å²) in [7, 11) is 1.90. The molecule has 0 bridgehead atoms. The van der Waals surface area contributed by atoms with Gasteiger partial charge in [0.05, 0.1) is 12.4 Å². The van der Waals surface area contributed by atoms with Crippen molar-refractivity contribution in [3.05, 3.63) is 89.2 Å². The number of aldehydes is 1. The number of nitrogens with zero attached hydrogens (tertiary/aromatic N) is 1. The van der Waals surface area contributed by atoms with Gasteiger partial charge in [-0.25, -0.2) is 0 Å². The molecule has 0 radical (unpaired) electrons. The van der Waals surface area contributed by atoms with Crippen molar-refractivity contribution in [2.45, 2.75) is 52.9 Å². The second kappa shape index (κ2) is 14.9. The molecule has 2 rings (SSSR count). The average molecular weight is 462 g/mol. The predicted octanol–water partition coefficient (Wildman–Crippen LogP) is 6.31. The molecule has 0 aliphatic heterocycles. The number of H-pyrrole nitrogens is 1. The summed E-state index contributed by atoms with van der Waals surface area (Å²) in [5, 5.41) is 3.12. The van der Waals surface area contributed by atoms with Gasteiger partial charge in [-0.2, -0.15) is 0 Å². The maximum absolute atomic E-state index is 11.5. The molecule has 0 spiro atoms. The minimum absolute atomic E-state index is 0.695. The zero-order valence-corrected chi connectivity index (χ0v) is 21.1. The van der Waals surface area contributed by atoms with E-state index in [2.05, 4.69) is 34.0 Å². The number of nitrogens with one attached hydrogen (secondary N) is 2. The van der Waals surface area contributed by atoms with Crippen molar-refractivity contribution in [3.8, 4) is 0 Å². The van der Waals surface area contributed by atoms with E-state index < -0.39 is 0 Å². The Balaban J connectivity index is 2.06. The van der Waals surface area contributed by atoms with Crippen LogP contribution >= 0.6 is 0 Å². The molecule has 0 saturated heterocycles. The highest BCUT2D eigenvalue weighted by Crippen LogP contribution is 2.24. The van der Waals surface area contributed by atoms with Crippen LogP contribution in [-0.4, -0.2) is 36.5 Å². The molecule has 0 amide bonds. The third-order valence-corrected chi connectivity index (χ3v) is 5.63. The highest BCUT2D eigenvalue weighted by molar-refractivity contribution is 5.88. The van der Waals surface area contributed by atoms with Crippen molar-refractivity contribution in [2.75, 3.05) is 20.2 Å². The number of aromatic nitrogens is 2. The lowest BCUT2D eigenvalue weighted by molar-refractivity contribution is 0.112. The van der Waals surface area contributed by atoms with Crippen LogP contribution in [0.15, 0.2) is 61.0 Å². The fraction of sp³-hybridized carbons (Fsp3) is 0.379. The molecule has 0 aliphatic rings. The molecule has 0 aromatic carbocycles. The topological polar surface area (TPSA) is 67.0 Å². The van der Waals surface area contributed by atoms with Gasteiger partial charge >= 0.3 is 0 Å². The summed E-state index contributed by atoms with van der Waals surface area (Å²) in [5.74, 6) is 1.07. The maximum Gasteiger partial charge on any atom is 0.151 e. The molecule has 182 valence electrons. The van der Waals surface area contributed by atoms with E-state index >= 15 is 0 Å². The largest absolute Gasteiger partial charge is 0.499 e. The summed E-state index contributed by atoms with van der Waals surface area (Å²) in [4.78, 5) is 19.6. The number of carbonyl (C=O) groups is 1. The van der Waals surface area contributed by atoms with Crippen LogP contribution in [0.1, 0.15) is 73.0 Å². The van der Waals surface area contributed by atoms with Crippen LogP contribution in [0, 0.1) is 0 Å². The number of aromatic amines is 1. The van der Waals surface area contributed by atoms with E-state index in [0.717, 1.165) is 91.1 Å². The predicted molar refractivity (Wildman–Crippen MR) is 143 cm³/mol. The Kier molecular flexibility index (Phi) is 11.8. The molecule has 0 saturated carbocycles. The Morgan fingerprint density at radius 1 is 1.24 bits per heavy atom. The molecule has 0 atom stereocenters. The summed E-state index contributed by atoms with van der Waals surface area (Å²) in [6, 6.07) is 6.07. The Hall–Kier alpha value is -3.18. The van der Waals surface area contributed by atoms with Gasteiger partial charge in [-0.05, 0) is 88.1 Å². The Labute approximate surface area is 204 Å². The first-order valence-corrected chi connectivity index (χ1v) is 12.1. The van der Waals surface area contributed by atoms with Gasteiger partial charge < -0.3 is 15.0 Å². The zero-order chi connectivity index (χ0) is 24.8. The summed E-state index contributed by atoms with van der Waals surface area (Å²) in [6.45, 7) is 11.8. The summed E-state index contributed by atoms with van der Waals surface area (Å²) in [5.41, 5.74) is 6.46. The van der Waals surface area contributed by atoms with E-state index in [0.29, 0.717) is 5.56 Å². The molecular weight excluding hydrogens is 422 g/mol. The SMILES string of the molecule is C=C(/C=C(\C=C/C)c1cc(C=O)c(CCNC)[nH]1)c1ccc(CCCC/C(=C/C)OCC)nc1. The van der Waals surface area contributed by atoms with Gasteiger partial charge in [-0.15, -0.1) is 0 Å². The van der Waals surface area contributed by atoms with E-state index in [4.69, 9.17) is 4.74 Å². The van der Waals surface area contributed by atoms with Crippen molar-refractivity contribution in [2.24, 2.45) is 0 Å². The van der Waals surface area contributed by atoms with E-state index in [1.165, 1.54) is 0 Å². The molecule has 5 heteroatoms. The van der Waals surface area contributed by atoms with Crippen LogP contribution in [0.25, 0.3) is 11.1 Å². The van der Waals surface area contributed by atoms with Gasteiger partial charge in [0.25, 0.3) is 0 Å². The van der Waals surface area contributed by atoms with Crippen LogP contribution in [0.5, 0.6) is 0 Å². The zero-order valence-electron chi connectivity index (χ0n) is 21.1. The number of carbonyl (C=O) groups excluding carboxylic acids is 1. The number of ether oxygens (including phenoxy) is 1. The minimum Gasteiger partial charge on any atom is -0.499 e. The Morgan fingerprint density at radius 2 is 2.06 bits per heavy atom. The lowest BCUT2D eigenvalue weighted by Crippen LogP contribution is -2.11. The van der Waals surface area contributed by atoms with Crippen LogP contribution in [0.4, 0.5) is 0 Å². The van der Waals surface area contributed by atoms with Crippen LogP contribution < -0.4 is 5.32 Å². The highest BCUT2D eigenvalue weighted by atomic mass is 16.5. The first-order chi connectivity index (χ1) is 16.6. The summed E-state index contributed by atoms with van der Waals surface area (Å²) >= 11 is 0. The van der Waals surface area contributed by atoms with Crippen molar-refractivity contribution in [3.63, 3.8) is 0 Å². The molecule has 0 fully saturated rings. The van der Waals surface area contributed by atoms with Gasteiger partial charge in [-0.1, -0.05) is 24.8 Å². The minimum atomic E-state index is 0.695. The van der Waals surface area contributed by atoms with Crippen molar-refractivity contribution < 1.29 is 9.53 Å². The third-order valence-electron chi connectivity index (χ3n) is 5.63. The number of hydrogen-bond acceptors (Lipinski definition) is 4. The first kappa shape index (κ1) is 27.1. The van der Waals surface area contributed by atoms with Crippen LogP contribution in [0.3, 0.4) is 0 Å². The van der Waals surface area contributed by atoms with Crippen LogP contribution in [-0.2, 0) is 17.6 Å². The normalized spacial score (nSPS) is 12.4. The molecule has 0 unspecified atom stereocenters. The molecule has 2 aromatic rings. The quantitative estimate of drug-likeness (QED) is 0.141. The van der Waals surface area contributed by atoms with Crippen molar-refractivity contribution in [1.82, 2.24) is 15.3 Å². The third kappa shape index (κ3) is 8.31. The fourth-order valence-corrected chi connectivity index (χ4v) is 3.75. The number of unbranched alkanes of at least 4 members (excludes halogenated alkanes) is 1. The number of aryl methyl sites for hydroxylation is 1. The Bertz CT molecular complexity index is 1010. The van der Waals surface area contributed by atoms with Gasteiger partial charge in [0.1, 0.15) is 0 Å². The number of rotatable bonds is 15. The van der Waals surface area contributed by atoms with Crippen molar-refractivity contribution >= 4 is 17.4 Å². The molecular formula is C29H39N3O2. The van der Waals surface area contributed by atoms with E-state index in [9.17, 15) is 4.79 Å². The van der Waals surface area contributed by atoms with E-state index in [1.807, 2.05) is 64.4 Å². The monoisotopic (exact) mass is 461 g/mol. The molecule has 2 aromatic heterocycles. The number of hydrogen-bond donors (Lipinski definition) is 2. The molecule has 2 N–H and O–H groups in total. The molecule has 0 aliphatic carbocycles. The van der Waals surface area contributed by atoms with E-state index in [-0.39, 0.29) is 0 Å². The standard InChI is InChI=1S/C29H39N3O2/c1-6-11-23(29-19-25(21-33)28(32-29)16-17-30-5)18-22(4)24-14-15-26(31-20-24)12-9-10-13-27(7-2)34-8-3/h6-7,11,14-15,18-21,30,32H,4,8-10,12-13,16-17H2,1-3,5H3/b11-6-,23-18+,27-7-. The fourth-order valence-electron chi connectivity index (χ4n) is 3.75. The van der Waals surface area contributed by atoms with Gasteiger partial charge in [0.2, 0.25) is 0 Å².